The number of hydrogen-bond acceptors (Lipinski definition) is 3. The van der Waals surface area contributed by atoms with Crippen molar-refractivity contribution in [1.29, 1.82) is 0 Å². The largest absolute Gasteiger partial charge is 1.00 e. The Morgan fingerprint density at radius 1 is 1.17 bits per heavy atom. The van der Waals surface area contributed by atoms with E-state index in [2.05, 4.69) is 10.6 Å². The summed E-state index contributed by atoms with van der Waals surface area (Å²) in [6, 6.07) is -0.720. The van der Waals surface area contributed by atoms with Crippen molar-refractivity contribution in [3.8, 4) is 0 Å². The number of hydrogen-bond donors (Lipinski definition) is 2. The number of carbonyl (C=O) groups is 3. The van der Waals surface area contributed by atoms with Crippen molar-refractivity contribution < 1.29 is 62.4 Å². The predicted octanol–water partition coefficient (Wildman–Crippen LogP) is -1.70. The number of amides is 4. The van der Waals surface area contributed by atoms with Crippen LogP contribution in [0.3, 0.4) is 0 Å². The van der Waals surface area contributed by atoms with Gasteiger partial charge in [0.15, 0.2) is 0 Å². The molecule has 1 aliphatic heterocycles. The van der Waals surface area contributed by atoms with E-state index in [-0.39, 0.29) is 54.0 Å². The minimum absolute atomic E-state index is 0. The number of nitrogens with one attached hydrogen (secondary N) is 2. The Labute approximate surface area is 141 Å². The molecule has 0 aromatic heterocycles. The topological polar surface area (TPSA) is 75.3 Å². The fourth-order valence-corrected chi connectivity index (χ4v) is 2.36. The van der Waals surface area contributed by atoms with Crippen LogP contribution in [-0.2, 0) is 26.7 Å². The maximum atomic E-state index is 11.9. The second kappa shape index (κ2) is 8.33. The predicted molar refractivity (Wildman–Crippen MR) is 59.6 cm³/mol. The van der Waals surface area contributed by atoms with E-state index in [4.69, 9.17) is 0 Å². The molecule has 1 aliphatic rings. The normalized spacial score (nSPS) is 18.9. The molecule has 2 N–H and O–H groups in total. The van der Waals surface area contributed by atoms with Crippen molar-refractivity contribution in [3.63, 3.8) is 0 Å². The Kier molecular flexibility index (Phi) is 9.46. The zero-order valence-corrected chi connectivity index (χ0v) is 14.2. The van der Waals surface area contributed by atoms with E-state index in [9.17, 15) is 14.4 Å². The van der Waals surface area contributed by atoms with Crippen molar-refractivity contribution in [1.82, 2.24) is 10.6 Å². The Bertz CT molecular complexity index is 322. The quantitative estimate of drug-likeness (QED) is 0.480. The van der Waals surface area contributed by atoms with Gasteiger partial charge in [0.05, 0.1) is 0 Å². The van der Waals surface area contributed by atoms with Crippen LogP contribution < -0.4 is 40.2 Å². The number of rotatable bonds is 4. The minimum Gasteiger partial charge on any atom is -1.00 e. The molecule has 1 saturated heterocycles. The van der Waals surface area contributed by atoms with E-state index in [1.54, 1.807) is 6.92 Å². The molecule has 0 aliphatic carbocycles. The maximum Gasteiger partial charge on any atom is 1.00 e. The maximum absolute atomic E-state index is 11.9. The molecular formula is C11H19CuN2NaO3. The van der Waals surface area contributed by atoms with Gasteiger partial charge < -0.3 is 1.43 Å². The minimum atomic E-state index is -1.09. The van der Waals surface area contributed by atoms with Gasteiger partial charge in [-0.3, -0.25) is 20.2 Å². The summed E-state index contributed by atoms with van der Waals surface area (Å²) < 4.78 is 0. The van der Waals surface area contributed by atoms with Crippen LogP contribution in [-0.4, -0.2) is 17.8 Å². The van der Waals surface area contributed by atoms with Crippen LogP contribution in [0.1, 0.15) is 41.5 Å². The van der Waals surface area contributed by atoms with Gasteiger partial charge in [0.25, 0.3) is 0 Å². The van der Waals surface area contributed by atoms with Crippen molar-refractivity contribution in [2.45, 2.75) is 40.0 Å². The number of urea groups is 1. The second-order valence-corrected chi connectivity index (χ2v) is 4.25. The van der Waals surface area contributed by atoms with E-state index < -0.39 is 23.3 Å². The van der Waals surface area contributed by atoms with Crippen LogP contribution in [0.4, 0.5) is 4.79 Å². The summed E-state index contributed by atoms with van der Waals surface area (Å²) >= 11 is 0. The van der Waals surface area contributed by atoms with Crippen LogP contribution in [0, 0.1) is 11.3 Å². The fraction of sp³-hybridized carbons (Fsp3) is 0.727. The van der Waals surface area contributed by atoms with E-state index in [0.717, 1.165) is 12.8 Å². The molecule has 1 unspecified atom stereocenters. The number of barbiturate groups is 1. The molecule has 1 rings (SSSR count). The molecule has 1 heterocycles. The monoisotopic (exact) mass is 313 g/mol. The van der Waals surface area contributed by atoms with E-state index in [1.165, 1.54) is 0 Å². The molecular weight excluding hydrogens is 295 g/mol. The molecule has 1 atom stereocenters. The summed E-state index contributed by atoms with van der Waals surface area (Å²) in [5, 5.41) is 4.36. The molecule has 0 aromatic rings. The SMILES string of the molecule is CCCC(C)C1(CC)C(=O)NC(=O)NC1=O.[Cu].[H-].[Na+]. The van der Waals surface area contributed by atoms with E-state index in [1.807, 2.05) is 13.8 Å². The molecule has 18 heavy (non-hydrogen) atoms. The summed E-state index contributed by atoms with van der Waals surface area (Å²) in [7, 11) is 0. The number of carbonyl (C=O) groups excluding carboxylic acids is 3. The smallest absolute Gasteiger partial charge is 1.00 e. The van der Waals surface area contributed by atoms with Crippen LogP contribution in [0.5, 0.6) is 0 Å². The third-order valence-electron chi connectivity index (χ3n) is 3.39. The summed E-state index contributed by atoms with van der Waals surface area (Å²) in [5.41, 5.74) is -1.09. The van der Waals surface area contributed by atoms with Gasteiger partial charge in [-0.2, -0.15) is 0 Å². The van der Waals surface area contributed by atoms with Gasteiger partial charge in [-0.25, -0.2) is 4.79 Å². The van der Waals surface area contributed by atoms with Crippen LogP contribution in [0.2, 0.25) is 0 Å². The summed E-state index contributed by atoms with van der Waals surface area (Å²) in [5.74, 6) is -1.01. The number of imide groups is 2. The van der Waals surface area contributed by atoms with Gasteiger partial charge in [0.2, 0.25) is 11.8 Å². The summed E-state index contributed by atoms with van der Waals surface area (Å²) in [6.07, 6.45) is 2.08. The van der Waals surface area contributed by atoms with Gasteiger partial charge in [0.1, 0.15) is 5.41 Å². The molecule has 0 spiro atoms. The first kappa shape index (κ1) is 20.4. The Morgan fingerprint density at radius 3 is 1.94 bits per heavy atom. The molecule has 0 aromatic carbocycles. The first-order chi connectivity index (χ1) is 7.48. The average molecular weight is 314 g/mol. The van der Waals surface area contributed by atoms with Crippen LogP contribution in [0.15, 0.2) is 0 Å². The summed E-state index contributed by atoms with van der Waals surface area (Å²) in [4.78, 5) is 34.8. The zero-order chi connectivity index (χ0) is 12.3. The summed E-state index contributed by atoms with van der Waals surface area (Å²) in [6.45, 7) is 5.67. The van der Waals surface area contributed by atoms with Gasteiger partial charge in [-0.15, -0.1) is 0 Å². The van der Waals surface area contributed by atoms with Crippen LogP contribution in [0.25, 0.3) is 0 Å². The van der Waals surface area contributed by atoms with Crippen LogP contribution >= 0.6 is 0 Å². The molecule has 1 fully saturated rings. The zero-order valence-electron chi connectivity index (χ0n) is 12.2. The molecule has 5 nitrogen and oxygen atoms in total. The molecule has 1 radical (unpaired) electrons. The molecule has 0 bridgehead atoms. The van der Waals surface area contributed by atoms with Gasteiger partial charge in [0, 0.05) is 17.1 Å². The molecule has 0 saturated carbocycles. The third kappa shape index (κ3) is 3.58. The fourth-order valence-electron chi connectivity index (χ4n) is 2.36. The van der Waals surface area contributed by atoms with Crippen molar-refractivity contribution in [2.75, 3.05) is 0 Å². The second-order valence-electron chi connectivity index (χ2n) is 4.25. The molecule has 103 valence electrons. The Hall–Kier alpha value is 0.129. The molecule has 4 amide bonds. The van der Waals surface area contributed by atoms with Crippen molar-refractivity contribution in [2.24, 2.45) is 11.3 Å². The van der Waals surface area contributed by atoms with Gasteiger partial charge >= 0.3 is 35.6 Å². The Balaban J connectivity index is -0.000000853. The standard InChI is InChI=1S/C11H18N2O3.Cu.Na.H/c1-4-6-7(3)11(5-2)8(14)12-10(16)13-9(11)15;;;/h7H,4-6H2,1-3H3,(H2,12,13,14,15,16);;;/q;;+1;-1. The van der Waals surface area contributed by atoms with Crippen molar-refractivity contribution >= 4 is 17.8 Å². The van der Waals surface area contributed by atoms with E-state index >= 15 is 0 Å². The first-order valence-electron chi connectivity index (χ1n) is 5.65. The Morgan fingerprint density at radius 2 is 1.61 bits per heavy atom. The van der Waals surface area contributed by atoms with Gasteiger partial charge in [-0.1, -0.05) is 27.2 Å². The third-order valence-corrected chi connectivity index (χ3v) is 3.39. The molecule has 7 heteroatoms. The van der Waals surface area contributed by atoms with Crippen molar-refractivity contribution in [3.05, 3.63) is 0 Å². The first-order valence-corrected chi connectivity index (χ1v) is 5.65. The van der Waals surface area contributed by atoms with E-state index in [0.29, 0.717) is 6.42 Å². The van der Waals surface area contributed by atoms with Gasteiger partial charge in [-0.05, 0) is 18.8 Å². The average Bonchev–Trinajstić information content (AvgIpc) is 2.18.